The first-order valence-electron chi connectivity index (χ1n) is 6.43. The summed E-state index contributed by atoms with van der Waals surface area (Å²) in [5.41, 5.74) is 1.05. The average Bonchev–Trinajstić information content (AvgIpc) is 2.67. The van der Waals surface area contributed by atoms with Crippen LogP contribution in [0.1, 0.15) is 47.8 Å². The van der Waals surface area contributed by atoms with E-state index in [2.05, 4.69) is 23.7 Å². The van der Waals surface area contributed by atoms with Crippen molar-refractivity contribution in [1.29, 1.82) is 0 Å². The zero-order chi connectivity index (χ0) is 13.3. The minimum atomic E-state index is -0.703. The molecule has 1 aliphatic heterocycles. The van der Waals surface area contributed by atoms with Crippen LogP contribution in [0.4, 0.5) is 0 Å². The number of rotatable bonds is 3. The molecule has 0 radical (unpaired) electrons. The molecule has 2 unspecified atom stereocenters. The van der Waals surface area contributed by atoms with E-state index >= 15 is 0 Å². The maximum absolute atomic E-state index is 11.3. The summed E-state index contributed by atoms with van der Waals surface area (Å²) in [7, 11) is 0. The first-order chi connectivity index (χ1) is 8.50. The van der Waals surface area contributed by atoms with E-state index in [0.29, 0.717) is 0 Å². The summed E-state index contributed by atoms with van der Waals surface area (Å²) < 4.78 is 0. The zero-order valence-electron chi connectivity index (χ0n) is 11.1. The molecule has 5 heteroatoms. The second-order valence-electron chi connectivity index (χ2n) is 4.94. The lowest BCUT2D eigenvalue weighted by Crippen LogP contribution is -2.46. The van der Waals surface area contributed by atoms with Crippen LogP contribution >= 0.6 is 11.3 Å². The third-order valence-corrected chi connectivity index (χ3v) is 4.56. The van der Waals surface area contributed by atoms with E-state index in [1.165, 1.54) is 4.88 Å². The molecule has 0 amide bonds. The minimum absolute atomic E-state index is 0.0938. The molecule has 0 aliphatic carbocycles. The Morgan fingerprint density at radius 3 is 2.78 bits per heavy atom. The Labute approximate surface area is 112 Å². The van der Waals surface area contributed by atoms with Crippen LogP contribution < -0.4 is 0 Å². The SMILES string of the molecule is Cc1nc(C(C)N2CCCCC2C(=O)O)c(C)s1. The normalized spacial score (nSPS) is 22.9. The van der Waals surface area contributed by atoms with Gasteiger partial charge in [0, 0.05) is 4.88 Å². The number of carboxylic acids is 1. The predicted molar refractivity (Wildman–Crippen MR) is 72.0 cm³/mol. The molecule has 0 saturated carbocycles. The van der Waals surface area contributed by atoms with E-state index in [-0.39, 0.29) is 12.1 Å². The van der Waals surface area contributed by atoms with E-state index in [1.807, 2.05) is 6.92 Å². The summed E-state index contributed by atoms with van der Waals surface area (Å²) >= 11 is 1.69. The van der Waals surface area contributed by atoms with Gasteiger partial charge in [0.25, 0.3) is 0 Å². The molecule has 0 aromatic carbocycles. The molecule has 0 spiro atoms. The van der Waals surface area contributed by atoms with Crippen LogP contribution in [-0.2, 0) is 4.79 Å². The topological polar surface area (TPSA) is 53.4 Å². The third kappa shape index (κ3) is 2.57. The molecule has 18 heavy (non-hydrogen) atoms. The van der Waals surface area contributed by atoms with Gasteiger partial charge in [0.2, 0.25) is 0 Å². The Morgan fingerprint density at radius 1 is 1.50 bits per heavy atom. The highest BCUT2D eigenvalue weighted by atomic mass is 32.1. The lowest BCUT2D eigenvalue weighted by Gasteiger charge is -2.37. The number of carbonyl (C=O) groups is 1. The Balaban J connectivity index is 2.23. The second kappa shape index (κ2) is 5.36. The summed E-state index contributed by atoms with van der Waals surface area (Å²) in [4.78, 5) is 19.2. The van der Waals surface area contributed by atoms with Crippen LogP contribution in [0.5, 0.6) is 0 Å². The molecule has 1 aromatic heterocycles. The van der Waals surface area contributed by atoms with Crippen molar-refractivity contribution in [3.8, 4) is 0 Å². The van der Waals surface area contributed by atoms with E-state index in [0.717, 1.165) is 36.5 Å². The second-order valence-corrected chi connectivity index (χ2v) is 6.35. The van der Waals surface area contributed by atoms with Gasteiger partial charge in [-0.1, -0.05) is 6.42 Å². The van der Waals surface area contributed by atoms with Crippen molar-refractivity contribution in [1.82, 2.24) is 9.88 Å². The van der Waals surface area contributed by atoms with E-state index < -0.39 is 5.97 Å². The van der Waals surface area contributed by atoms with Gasteiger partial charge in [-0.25, -0.2) is 4.98 Å². The number of piperidine rings is 1. The van der Waals surface area contributed by atoms with Gasteiger partial charge in [0.05, 0.1) is 16.7 Å². The number of hydrogen-bond donors (Lipinski definition) is 1. The molecule has 100 valence electrons. The molecular weight excluding hydrogens is 248 g/mol. The summed E-state index contributed by atoms with van der Waals surface area (Å²) in [5, 5.41) is 10.4. The number of aryl methyl sites for hydroxylation is 2. The van der Waals surface area contributed by atoms with Crippen LogP contribution in [0.15, 0.2) is 0 Å². The molecule has 1 N–H and O–H groups in total. The fourth-order valence-corrected chi connectivity index (χ4v) is 3.68. The number of likely N-dealkylation sites (tertiary alicyclic amines) is 1. The number of hydrogen-bond acceptors (Lipinski definition) is 4. The molecule has 1 fully saturated rings. The molecular formula is C13H20N2O2S. The molecule has 1 aliphatic rings. The highest BCUT2D eigenvalue weighted by Gasteiger charge is 2.33. The Hall–Kier alpha value is -0.940. The molecule has 2 rings (SSSR count). The van der Waals surface area contributed by atoms with Crippen LogP contribution in [0.2, 0.25) is 0 Å². The fraction of sp³-hybridized carbons (Fsp3) is 0.692. The van der Waals surface area contributed by atoms with Gasteiger partial charge in [-0.2, -0.15) is 0 Å². The van der Waals surface area contributed by atoms with Crippen molar-refractivity contribution in [2.24, 2.45) is 0 Å². The number of aromatic nitrogens is 1. The molecule has 2 atom stereocenters. The summed E-state index contributed by atoms with van der Waals surface area (Å²) in [6.07, 6.45) is 2.84. The first kappa shape index (κ1) is 13.5. The molecule has 2 heterocycles. The highest BCUT2D eigenvalue weighted by Crippen LogP contribution is 2.31. The van der Waals surface area contributed by atoms with Crippen LogP contribution in [0, 0.1) is 13.8 Å². The van der Waals surface area contributed by atoms with Crippen molar-refractivity contribution in [2.45, 2.75) is 52.1 Å². The van der Waals surface area contributed by atoms with Gasteiger partial charge in [-0.3, -0.25) is 9.69 Å². The summed E-state index contributed by atoms with van der Waals surface area (Å²) in [6, 6.07) is -0.258. The zero-order valence-corrected chi connectivity index (χ0v) is 12.0. The third-order valence-electron chi connectivity index (χ3n) is 3.66. The maximum atomic E-state index is 11.3. The van der Waals surface area contributed by atoms with Crippen LogP contribution in [0.25, 0.3) is 0 Å². The van der Waals surface area contributed by atoms with Crippen molar-refractivity contribution in [2.75, 3.05) is 6.54 Å². The number of nitrogens with zero attached hydrogens (tertiary/aromatic N) is 2. The molecule has 0 bridgehead atoms. The van der Waals surface area contributed by atoms with Crippen molar-refractivity contribution in [3.05, 3.63) is 15.6 Å². The van der Waals surface area contributed by atoms with E-state index in [9.17, 15) is 9.90 Å². The minimum Gasteiger partial charge on any atom is -0.480 e. The lowest BCUT2D eigenvalue weighted by atomic mass is 9.99. The molecule has 4 nitrogen and oxygen atoms in total. The van der Waals surface area contributed by atoms with Gasteiger partial charge in [0.1, 0.15) is 6.04 Å². The Bertz CT molecular complexity index is 444. The maximum Gasteiger partial charge on any atom is 0.320 e. The largest absolute Gasteiger partial charge is 0.480 e. The Morgan fingerprint density at radius 2 is 2.22 bits per heavy atom. The van der Waals surface area contributed by atoms with Gasteiger partial charge >= 0.3 is 5.97 Å². The van der Waals surface area contributed by atoms with E-state index in [4.69, 9.17) is 0 Å². The average molecular weight is 268 g/mol. The monoisotopic (exact) mass is 268 g/mol. The van der Waals surface area contributed by atoms with Gasteiger partial charge in [-0.05, 0) is 40.2 Å². The van der Waals surface area contributed by atoms with Crippen molar-refractivity contribution >= 4 is 17.3 Å². The predicted octanol–water partition coefficient (Wildman–Crippen LogP) is 2.76. The quantitative estimate of drug-likeness (QED) is 0.916. The van der Waals surface area contributed by atoms with Crippen LogP contribution in [0.3, 0.4) is 0 Å². The lowest BCUT2D eigenvalue weighted by molar-refractivity contribution is -0.145. The first-order valence-corrected chi connectivity index (χ1v) is 7.25. The Kier molecular flexibility index (Phi) is 4.02. The summed E-state index contributed by atoms with van der Waals surface area (Å²) in [5.74, 6) is -0.703. The number of aliphatic carboxylic acids is 1. The van der Waals surface area contributed by atoms with Crippen molar-refractivity contribution < 1.29 is 9.90 Å². The smallest absolute Gasteiger partial charge is 0.320 e. The van der Waals surface area contributed by atoms with Crippen molar-refractivity contribution in [3.63, 3.8) is 0 Å². The van der Waals surface area contributed by atoms with Gasteiger partial charge < -0.3 is 5.11 Å². The molecule has 1 saturated heterocycles. The fourth-order valence-electron chi connectivity index (χ4n) is 2.77. The van der Waals surface area contributed by atoms with Gasteiger partial charge in [-0.15, -0.1) is 11.3 Å². The van der Waals surface area contributed by atoms with Crippen LogP contribution in [-0.4, -0.2) is 33.5 Å². The number of carboxylic acid groups (broad SMARTS) is 1. The highest BCUT2D eigenvalue weighted by molar-refractivity contribution is 7.11. The number of thiazole rings is 1. The molecule has 1 aromatic rings. The van der Waals surface area contributed by atoms with E-state index in [1.54, 1.807) is 11.3 Å². The summed E-state index contributed by atoms with van der Waals surface area (Å²) in [6.45, 7) is 6.99. The standard InChI is InChI=1S/C13H20N2O2S/c1-8(12-9(2)18-10(3)14-12)15-7-5-4-6-11(15)13(16)17/h8,11H,4-7H2,1-3H3,(H,16,17). The van der Waals surface area contributed by atoms with Gasteiger partial charge in [0.15, 0.2) is 0 Å².